The number of unbranched alkanes of at least 4 members (excludes halogenated alkanes) is 1. The van der Waals surface area contributed by atoms with Crippen molar-refractivity contribution in [3.8, 4) is 5.75 Å². The molecule has 118 valence electrons. The standard InChI is InChI=1S/C16H24N2O2.ClH/c1-2-3-11-20-15-6-4-5-14(12-15)18-16(19)13-7-9-17-10-8-13;/h4-6,12-13,17H,2-3,7-11H2,1H3,(H,18,19);1H. The second-order valence-electron chi connectivity index (χ2n) is 5.24. The molecule has 2 rings (SSSR count). The van der Waals surface area contributed by atoms with Crippen molar-refractivity contribution in [2.45, 2.75) is 32.6 Å². The minimum absolute atomic E-state index is 0. The number of rotatable bonds is 6. The number of piperidine rings is 1. The Bertz CT molecular complexity index is 434. The molecule has 1 aliphatic rings. The van der Waals surface area contributed by atoms with Gasteiger partial charge in [-0.25, -0.2) is 0 Å². The molecule has 0 spiro atoms. The van der Waals surface area contributed by atoms with Crippen LogP contribution in [0.15, 0.2) is 24.3 Å². The molecule has 0 saturated carbocycles. The summed E-state index contributed by atoms with van der Waals surface area (Å²) in [4.78, 5) is 12.2. The van der Waals surface area contributed by atoms with Gasteiger partial charge in [-0.05, 0) is 44.5 Å². The minimum atomic E-state index is 0. The lowest BCUT2D eigenvalue weighted by molar-refractivity contribution is -0.120. The number of carbonyl (C=O) groups is 1. The van der Waals surface area contributed by atoms with Gasteiger partial charge in [-0.2, -0.15) is 0 Å². The highest BCUT2D eigenvalue weighted by atomic mass is 35.5. The summed E-state index contributed by atoms with van der Waals surface area (Å²) in [5.41, 5.74) is 0.822. The topological polar surface area (TPSA) is 50.4 Å². The second-order valence-corrected chi connectivity index (χ2v) is 5.24. The molecule has 0 bridgehead atoms. The van der Waals surface area contributed by atoms with Gasteiger partial charge in [0.2, 0.25) is 5.91 Å². The molecule has 1 aromatic carbocycles. The molecule has 1 fully saturated rings. The maximum absolute atomic E-state index is 12.2. The van der Waals surface area contributed by atoms with E-state index in [0.717, 1.165) is 56.8 Å². The molecular formula is C16H25ClN2O2. The van der Waals surface area contributed by atoms with Gasteiger partial charge in [-0.3, -0.25) is 4.79 Å². The predicted octanol–water partition coefficient (Wildman–Crippen LogP) is 3.23. The first-order valence-electron chi connectivity index (χ1n) is 7.54. The van der Waals surface area contributed by atoms with Crippen molar-refractivity contribution in [2.75, 3.05) is 25.0 Å². The van der Waals surface area contributed by atoms with Gasteiger partial charge >= 0.3 is 0 Å². The fraction of sp³-hybridized carbons (Fsp3) is 0.562. The van der Waals surface area contributed by atoms with Crippen LogP contribution < -0.4 is 15.4 Å². The van der Waals surface area contributed by atoms with Crippen LogP contribution >= 0.6 is 12.4 Å². The number of halogens is 1. The van der Waals surface area contributed by atoms with Crippen LogP contribution in [0.3, 0.4) is 0 Å². The molecule has 2 N–H and O–H groups in total. The van der Waals surface area contributed by atoms with E-state index in [1.165, 1.54) is 0 Å². The number of carbonyl (C=O) groups excluding carboxylic acids is 1. The monoisotopic (exact) mass is 312 g/mol. The van der Waals surface area contributed by atoms with Gasteiger partial charge in [0.15, 0.2) is 0 Å². The molecule has 0 aromatic heterocycles. The summed E-state index contributed by atoms with van der Waals surface area (Å²) in [5, 5.41) is 6.27. The maximum atomic E-state index is 12.2. The molecule has 4 nitrogen and oxygen atoms in total. The van der Waals surface area contributed by atoms with Gasteiger partial charge in [0, 0.05) is 17.7 Å². The molecular weight excluding hydrogens is 288 g/mol. The number of amides is 1. The number of hydrogen-bond acceptors (Lipinski definition) is 3. The predicted molar refractivity (Wildman–Crippen MR) is 88.3 cm³/mol. The van der Waals surface area contributed by atoms with Crippen LogP contribution in [0, 0.1) is 5.92 Å². The number of ether oxygens (including phenoxy) is 1. The average Bonchev–Trinajstić information content (AvgIpc) is 2.49. The van der Waals surface area contributed by atoms with E-state index < -0.39 is 0 Å². The quantitative estimate of drug-likeness (QED) is 0.793. The maximum Gasteiger partial charge on any atom is 0.227 e. The molecule has 21 heavy (non-hydrogen) atoms. The summed E-state index contributed by atoms with van der Waals surface area (Å²) in [7, 11) is 0. The zero-order chi connectivity index (χ0) is 14.2. The highest BCUT2D eigenvalue weighted by molar-refractivity contribution is 5.92. The van der Waals surface area contributed by atoms with Gasteiger partial charge in [-0.1, -0.05) is 19.4 Å². The van der Waals surface area contributed by atoms with Gasteiger partial charge in [0.05, 0.1) is 6.61 Å². The third-order valence-electron chi connectivity index (χ3n) is 3.58. The van der Waals surface area contributed by atoms with Gasteiger partial charge in [0.25, 0.3) is 0 Å². The van der Waals surface area contributed by atoms with Crippen LogP contribution in [0.4, 0.5) is 5.69 Å². The summed E-state index contributed by atoms with van der Waals surface area (Å²) < 4.78 is 5.65. The first-order chi connectivity index (χ1) is 9.79. The Balaban J connectivity index is 0.00000220. The van der Waals surface area contributed by atoms with Crippen LogP contribution in [-0.2, 0) is 4.79 Å². The van der Waals surface area contributed by atoms with Gasteiger partial charge in [-0.15, -0.1) is 12.4 Å². The fourth-order valence-electron chi connectivity index (χ4n) is 2.33. The highest BCUT2D eigenvalue weighted by Gasteiger charge is 2.20. The molecule has 1 saturated heterocycles. The Morgan fingerprint density at radius 1 is 1.38 bits per heavy atom. The van der Waals surface area contributed by atoms with Crippen molar-refractivity contribution in [1.82, 2.24) is 5.32 Å². The fourth-order valence-corrected chi connectivity index (χ4v) is 2.33. The highest BCUT2D eigenvalue weighted by Crippen LogP contribution is 2.20. The Kier molecular flexibility index (Phi) is 8.16. The Hall–Kier alpha value is -1.26. The van der Waals surface area contributed by atoms with E-state index in [9.17, 15) is 4.79 Å². The van der Waals surface area contributed by atoms with Crippen LogP contribution in [-0.4, -0.2) is 25.6 Å². The van der Waals surface area contributed by atoms with Crippen LogP contribution in [0.25, 0.3) is 0 Å². The summed E-state index contributed by atoms with van der Waals surface area (Å²) in [6.07, 6.45) is 3.99. The molecule has 5 heteroatoms. The Labute approximate surface area is 133 Å². The number of nitrogens with one attached hydrogen (secondary N) is 2. The number of anilines is 1. The zero-order valence-electron chi connectivity index (χ0n) is 12.6. The third-order valence-corrected chi connectivity index (χ3v) is 3.58. The SMILES string of the molecule is CCCCOc1cccc(NC(=O)C2CCNCC2)c1.Cl. The summed E-state index contributed by atoms with van der Waals surface area (Å²) in [6.45, 7) is 4.72. The molecule has 0 aliphatic carbocycles. The number of hydrogen-bond donors (Lipinski definition) is 2. The summed E-state index contributed by atoms with van der Waals surface area (Å²) >= 11 is 0. The van der Waals surface area contributed by atoms with Crippen molar-refractivity contribution in [3.05, 3.63) is 24.3 Å². The zero-order valence-corrected chi connectivity index (χ0v) is 13.4. The van der Waals surface area contributed by atoms with E-state index >= 15 is 0 Å². The molecule has 1 heterocycles. The van der Waals surface area contributed by atoms with E-state index in [2.05, 4.69) is 17.6 Å². The lowest BCUT2D eigenvalue weighted by atomic mass is 9.97. The van der Waals surface area contributed by atoms with Crippen LogP contribution in [0.1, 0.15) is 32.6 Å². The average molecular weight is 313 g/mol. The van der Waals surface area contributed by atoms with Crippen molar-refractivity contribution < 1.29 is 9.53 Å². The lowest BCUT2D eigenvalue weighted by Crippen LogP contribution is -2.34. The smallest absolute Gasteiger partial charge is 0.227 e. The second kappa shape index (κ2) is 9.64. The van der Waals surface area contributed by atoms with E-state index in [4.69, 9.17) is 4.74 Å². The largest absolute Gasteiger partial charge is 0.494 e. The van der Waals surface area contributed by atoms with Crippen LogP contribution in [0.2, 0.25) is 0 Å². The van der Waals surface area contributed by atoms with E-state index in [0.29, 0.717) is 0 Å². The summed E-state index contributed by atoms with van der Waals surface area (Å²) in [6, 6.07) is 7.65. The molecule has 0 unspecified atom stereocenters. The Morgan fingerprint density at radius 2 is 2.14 bits per heavy atom. The molecule has 0 atom stereocenters. The van der Waals surface area contributed by atoms with Crippen LogP contribution in [0.5, 0.6) is 5.75 Å². The van der Waals surface area contributed by atoms with E-state index in [1.807, 2.05) is 24.3 Å². The molecule has 0 radical (unpaired) electrons. The Morgan fingerprint density at radius 3 is 2.86 bits per heavy atom. The normalized spacial score (nSPS) is 15.1. The van der Waals surface area contributed by atoms with Gasteiger partial charge < -0.3 is 15.4 Å². The molecule has 1 amide bonds. The lowest BCUT2D eigenvalue weighted by Gasteiger charge is -2.21. The summed E-state index contributed by atoms with van der Waals surface area (Å²) in [5.74, 6) is 1.07. The van der Waals surface area contributed by atoms with Gasteiger partial charge in [0.1, 0.15) is 5.75 Å². The van der Waals surface area contributed by atoms with Crippen molar-refractivity contribution >= 4 is 24.0 Å². The molecule has 1 aliphatic heterocycles. The first-order valence-corrected chi connectivity index (χ1v) is 7.54. The van der Waals surface area contributed by atoms with Crippen molar-refractivity contribution in [3.63, 3.8) is 0 Å². The van der Waals surface area contributed by atoms with E-state index in [-0.39, 0.29) is 24.2 Å². The minimum Gasteiger partial charge on any atom is -0.494 e. The van der Waals surface area contributed by atoms with E-state index in [1.54, 1.807) is 0 Å². The van der Waals surface area contributed by atoms with Crippen molar-refractivity contribution in [1.29, 1.82) is 0 Å². The third kappa shape index (κ3) is 5.94. The molecule has 1 aromatic rings. The number of benzene rings is 1. The van der Waals surface area contributed by atoms with Crippen molar-refractivity contribution in [2.24, 2.45) is 5.92 Å². The first kappa shape index (κ1) is 17.8.